The Hall–Kier alpha value is -2.07. The lowest BCUT2D eigenvalue weighted by atomic mass is 10.3. The molecule has 4 nitrogen and oxygen atoms in total. The van der Waals surface area contributed by atoms with E-state index in [9.17, 15) is 4.79 Å². The van der Waals surface area contributed by atoms with Crippen molar-refractivity contribution in [3.63, 3.8) is 0 Å². The van der Waals surface area contributed by atoms with E-state index >= 15 is 0 Å². The number of hydrogen-bond acceptors (Lipinski definition) is 2. The van der Waals surface area contributed by atoms with Crippen LogP contribution in [0.4, 0.5) is 0 Å². The molecule has 0 unspecified atom stereocenters. The molecule has 0 saturated heterocycles. The molecule has 0 bridgehead atoms. The van der Waals surface area contributed by atoms with Crippen molar-refractivity contribution in [2.75, 3.05) is 0 Å². The summed E-state index contributed by atoms with van der Waals surface area (Å²) in [6.45, 7) is 0. The number of aromatic nitrogens is 3. The first kappa shape index (κ1) is 10.1. The molecule has 0 aliphatic carbocycles. The zero-order valence-electron chi connectivity index (χ0n) is 8.72. The number of imidazole rings is 1. The average Bonchev–Trinajstić information content (AvgIpc) is 2.65. The van der Waals surface area contributed by atoms with Crippen molar-refractivity contribution in [3.8, 4) is 5.69 Å². The van der Waals surface area contributed by atoms with Crippen LogP contribution in [-0.4, -0.2) is 14.5 Å². The highest BCUT2D eigenvalue weighted by molar-refractivity contribution is 6.31. The molecule has 2 heterocycles. The Kier molecular flexibility index (Phi) is 2.23. The third-order valence-corrected chi connectivity index (χ3v) is 2.78. The van der Waals surface area contributed by atoms with Gasteiger partial charge < -0.3 is 4.98 Å². The first-order valence-corrected chi connectivity index (χ1v) is 5.44. The van der Waals surface area contributed by atoms with E-state index in [1.165, 1.54) is 0 Å². The second-order valence-corrected chi connectivity index (χ2v) is 4.07. The van der Waals surface area contributed by atoms with E-state index in [0.29, 0.717) is 10.7 Å². The van der Waals surface area contributed by atoms with E-state index in [-0.39, 0.29) is 5.69 Å². The lowest BCUT2D eigenvalue weighted by Crippen LogP contribution is -2.14. The molecule has 84 valence electrons. The fourth-order valence-electron chi connectivity index (χ4n) is 1.82. The van der Waals surface area contributed by atoms with E-state index < -0.39 is 0 Å². The van der Waals surface area contributed by atoms with Gasteiger partial charge in [0.05, 0.1) is 22.9 Å². The Morgan fingerprint density at radius 1 is 1.29 bits per heavy atom. The predicted molar refractivity (Wildman–Crippen MR) is 66.7 cm³/mol. The molecule has 0 fully saturated rings. The summed E-state index contributed by atoms with van der Waals surface area (Å²) < 4.78 is 1.55. The third kappa shape index (κ3) is 1.62. The van der Waals surface area contributed by atoms with E-state index in [1.807, 2.05) is 6.07 Å². The van der Waals surface area contributed by atoms with Gasteiger partial charge in [0.2, 0.25) is 0 Å². The fourth-order valence-corrected chi connectivity index (χ4v) is 1.98. The minimum Gasteiger partial charge on any atom is -0.305 e. The number of fused-ring (bicyclic) bond motifs is 1. The van der Waals surface area contributed by atoms with Gasteiger partial charge in [0, 0.05) is 11.2 Å². The molecule has 3 rings (SSSR count). The van der Waals surface area contributed by atoms with Crippen LogP contribution in [0.25, 0.3) is 16.7 Å². The highest BCUT2D eigenvalue weighted by atomic mass is 35.5. The molecule has 0 radical (unpaired) electrons. The van der Waals surface area contributed by atoms with Crippen LogP contribution in [0, 0.1) is 0 Å². The Bertz CT molecular complexity index is 730. The van der Waals surface area contributed by atoms with Crippen molar-refractivity contribution in [1.82, 2.24) is 14.5 Å². The Balaban J connectivity index is 2.40. The number of hydrogen-bond donors (Lipinski definition) is 1. The molecule has 1 aromatic carbocycles. The summed E-state index contributed by atoms with van der Waals surface area (Å²) in [6, 6.07) is 8.88. The van der Waals surface area contributed by atoms with E-state index in [4.69, 9.17) is 11.6 Å². The molecule has 5 heteroatoms. The summed E-state index contributed by atoms with van der Waals surface area (Å²) in [6.07, 6.45) is 3.30. The van der Waals surface area contributed by atoms with Gasteiger partial charge in [-0.3, -0.25) is 9.55 Å². The van der Waals surface area contributed by atoms with Crippen LogP contribution in [0.3, 0.4) is 0 Å². The molecular formula is C12H8ClN3O. The first-order chi connectivity index (χ1) is 8.25. The fraction of sp³-hybridized carbons (Fsp3) is 0. The summed E-state index contributed by atoms with van der Waals surface area (Å²) in [5.41, 5.74) is 2.01. The topological polar surface area (TPSA) is 50.7 Å². The molecule has 3 aromatic rings. The second kappa shape index (κ2) is 3.75. The quantitative estimate of drug-likeness (QED) is 0.716. The standard InChI is InChI=1S/C12H8ClN3O/c13-8-3-4-10-11(6-8)16(12(17)15-10)9-2-1-5-14-7-9/h1-7H,(H,15,17). The van der Waals surface area contributed by atoms with Crippen molar-refractivity contribution in [3.05, 3.63) is 58.2 Å². The number of pyridine rings is 1. The van der Waals surface area contributed by atoms with Crippen molar-refractivity contribution in [1.29, 1.82) is 0 Å². The smallest absolute Gasteiger partial charge is 0.305 e. The van der Waals surface area contributed by atoms with Gasteiger partial charge in [0.15, 0.2) is 0 Å². The number of H-pyrrole nitrogens is 1. The monoisotopic (exact) mass is 245 g/mol. The number of aromatic amines is 1. The van der Waals surface area contributed by atoms with Crippen molar-refractivity contribution in [2.24, 2.45) is 0 Å². The van der Waals surface area contributed by atoms with Crippen molar-refractivity contribution in [2.45, 2.75) is 0 Å². The summed E-state index contributed by atoms with van der Waals surface area (Å²) in [5.74, 6) is 0. The van der Waals surface area contributed by atoms with Gasteiger partial charge in [-0.15, -0.1) is 0 Å². The van der Waals surface area contributed by atoms with Gasteiger partial charge in [0.1, 0.15) is 0 Å². The maximum absolute atomic E-state index is 11.9. The lowest BCUT2D eigenvalue weighted by Gasteiger charge is -2.01. The SMILES string of the molecule is O=c1[nH]c2ccc(Cl)cc2n1-c1cccnc1. The highest BCUT2D eigenvalue weighted by Gasteiger charge is 2.08. The van der Waals surface area contributed by atoms with Gasteiger partial charge in [-0.2, -0.15) is 0 Å². The zero-order chi connectivity index (χ0) is 11.8. The van der Waals surface area contributed by atoms with Crippen LogP contribution in [0.2, 0.25) is 5.02 Å². The number of halogens is 1. The van der Waals surface area contributed by atoms with E-state index in [0.717, 1.165) is 11.0 Å². The lowest BCUT2D eigenvalue weighted by molar-refractivity contribution is 1.00. The molecule has 0 amide bonds. The van der Waals surface area contributed by atoms with Gasteiger partial charge in [-0.1, -0.05) is 11.6 Å². The van der Waals surface area contributed by atoms with Gasteiger partial charge >= 0.3 is 5.69 Å². The maximum Gasteiger partial charge on any atom is 0.331 e. The van der Waals surface area contributed by atoms with Crippen LogP contribution >= 0.6 is 11.6 Å². The van der Waals surface area contributed by atoms with Crippen LogP contribution < -0.4 is 5.69 Å². The molecule has 2 aromatic heterocycles. The normalized spacial score (nSPS) is 10.9. The molecule has 17 heavy (non-hydrogen) atoms. The van der Waals surface area contributed by atoms with Crippen LogP contribution in [0.1, 0.15) is 0 Å². The third-order valence-electron chi connectivity index (χ3n) is 2.55. The largest absolute Gasteiger partial charge is 0.331 e. The number of rotatable bonds is 1. The molecule has 0 atom stereocenters. The van der Waals surface area contributed by atoms with Crippen LogP contribution in [0.15, 0.2) is 47.5 Å². The molecule has 0 spiro atoms. The van der Waals surface area contributed by atoms with Crippen molar-refractivity contribution < 1.29 is 0 Å². The summed E-state index contributed by atoms with van der Waals surface area (Å²) in [5, 5.41) is 0.592. The predicted octanol–water partition coefficient (Wildman–Crippen LogP) is 2.37. The highest BCUT2D eigenvalue weighted by Crippen LogP contribution is 2.19. The zero-order valence-corrected chi connectivity index (χ0v) is 9.48. The molecule has 0 saturated carbocycles. The number of nitrogens with one attached hydrogen (secondary N) is 1. The first-order valence-electron chi connectivity index (χ1n) is 5.06. The second-order valence-electron chi connectivity index (χ2n) is 3.64. The summed E-state index contributed by atoms with van der Waals surface area (Å²) >= 11 is 5.94. The van der Waals surface area contributed by atoms with E-state index in [1.54, 1.807) is 41.2 Å². The Morgan fingerprint density at radius 2 is 2.18 bits per heavy atom. The number of nitrogens with zero attached hydrogens (tertiary/aromatic N) is 2. The van der Waals surface area contributed by atoms with Crippen LogP contribution in [-0.2, 0) is 0 Å². The van der Waals surface area contributed by atoms with Crippen LogP contribution in [0.5, 0.6) is 0 Å². The minimum atomic E-state index is -0.199. The minimum absolute atomic E-state index is 0.199. The van der Waals surface area contributed by atoms with Gasteiger partial charge in [-0.25, -0.2) is 4.79 Å². The average molecular weight is 246 g/mol. The molecule has 1 N–H and O–H groups in total. The molecular weight excluding hydrogens is 238 g/mol. The number of benzene rings is 1. The molecule has 0 aliphatic rings. The summed E-state index contributed by atoms with van der Waals surface area (Å²) in [7, 11) is 0. The van der Waals surface area contributed by atoms with E-state index in [2.05, 4.69) is 9.97 Å². The van der Waals surface area contributed by atoms with Gasteiger partial charge in [0.25, 0.3) is 0 Å². The summed E-state index contributed by atoms with van der Waals surface area (Å²) in [4.78, 5) is 18.7. The Morgan fingerprint density at radius 3 is 2.94 bits per heavy atom. The van der Waals surface area contributed by atoms with Crippen molar-refractivity contribution >= 4 is 22.6 Å². The molecule has 0 aliphatic heterocycles. The maximum atomic E-state index is 11.9. The van der Waals surface area contributed by atoms with Gasteiger partial charge in [-0.05, 0) is 30.3 Å². The Labute approximate surface area is 101 Å².